The zero-order chi connectivity index (χ0) is 6.69. The first kappa shape index (κ1) is 3.68. The smallest absolute Gasteiger partial charge is 0.0991 e. The molecule has 0 amide bonds. The molecule has 1 aromatic carbocycles. The Morgan fingerprint density at radius 2 is 2.12 bits per heavy atom. The third-order valence-corrected chi connectivity index (χ3v) is 0.847. The van der Waals surface area contributed by atoms with Crippen LogP contribution in [-0.4, -0.2) is 0 Å². The minimum atomic E-state index is 0.439. The Hall–Kier alpha value is -1.29. The maximum Gasteiger partial charge on any atom is 0.0991 e. The standard InChI is InChI=1S/C7H5N/c8-6-7-4-2-1-3-5-7/h1-5H/i1D. The summed E-state index contributed by atoms with van der Waals surface area (Å²) >= 11 is 0. The lowest BCUT2D eigenvalue weighted by Crippen LogP contribution is -1.66. The van der Waals surface area contributed by atoms with Crippen molar-refractivity contribution in [1.29, 1.82) is 5.26 Å². The van der Waals surface area contributed by atoms with Gasteiger partial charge >= 0.3 is 0 Å². The Labute approximate surface area is 49.6 Å². The van der Waals surface area contributed by atoms with E-state index in [2.05, 4.69) is 0 Å². The molecule has 0 aliphatic heterocycles. The van der Waals surface area contributed by atoms with Crippen LogP contribution in [0.3, 0.4) is 0 Å². The highest BCUT2D eigenvalue weighted by molar-refractivity contribution is 5.27. The first-order valence-corrected chi connectivity index (χ1v) is 2.29. The average molecular weight is 104 g/mol. The molecule has 0 aromatic heterocycles. The lowest BCUT2D eigenvalue weighted by Gasteiger charge is -1.80. The maximum absolute atomic E-state index is 8.32. The van der Waals surface area contributed by atoms with Crippen molar-refractivity contribution in [1.82, 2.24) is 0 Å². The molecule has 1 aromatic rings. The van der Waals surface area contributed by atoms with E-state index in [9.17, 15) is 0 Å². The summed E-state index contributed by atoms with van der Waals surface area (Å²) in [6, 6.07) is 8.86. The van der Waals surface area contributed by atoms with Gasteiger partial charge in [-0.2, -0.15) is 5.26 Å². The molecule has 0 spiro atoms. The molecule has 0 fully saturated rings. The van der Waals surface area contributed by atoms with E-state index < -0.39 is 0 Å². The van der Waals surface area contributed by atoms with Crippen LogP contribution in [-0.2, 0) is 0 Å². The largest absolute Gasteiger partial charge is 0.192 e. The zero-order valence-electron chi connectivity index (χ0n) is 5.26. The fraction of sp³-hybridized carbons (Fsp3) is 0. The van der Waals surface area contributed by atoms with Crippen molar-refractivity contribution in [3.8, 4) is 6.07 Å². The topological polar surface area (TPSA) is 23.8 Å². The number of hydrogen-bond acceptors (Lipinski definition) is 1. The Morgan fingerprint density at radius 3 is 2.62 bits per heavy atom. The molecule has 0 bridgehead atoms. The Kier molecular flexibility index (Phi) is 0.980. The molecule has 0 saturated heterocycles. The van der Waals surface area contributed by atoms with E-state index in [1.54, 1.807) is 24.3 Å². The zero-order valence-corrected chi connectivity index (χ0v) is 4.26. The Morgan fingerprint density at radius 1 is 1.50 bits per heavy atom. The molecule has 1 heteroatoms. The molecule has 0 aliphatic rings. The summed E-state index contributed by atoms with van der Waals surface area (Å²) in [4.78, 5) is 0. The summed E-state index contributed by atoms with van der Waals surface area (Å²) in [5.74, 6) is 0. The lowest BCUT2D eigenvalue weighted by molar-refractivity contribution is 1.49. The van der Waals surface area contributed by atoms with Crippen molar-refractivity contribution in [3.63, 3.8) is 0 Å². The van der Waals surface area contributed by atoms with Gasteiger partial charge in [0.05, 0.1) is 13.0 Å². The van der Waals surface area contributed by atoms with Gasteiger partial charge in [-0.3, -0.25) is 0 Å². The predicted octanol–water partition coefficient (Wildman–Crippen LogP) is 1.56. The van der Waals surface area contributed by atoms with E-state index in [0.717, 1.165) is 0 Å². The number of nitriles is 1. The molecule has 0 radical (unpaired) electrons. The summed E-state index contributed by atoms with van der Waals surface area (Å²) in [6.45, 7) is 0. The number of nitrogens with zero attached hydrogens (tertiary/aromatic N) is 1. The first-order valence-electron chi connectivity index (χ1n) is 2.79. The normalized spacial score (nSPS) is 9.62. The van der Waals surface area contributed by atoms with E-state index in [-0.39, 0.29) is 0 Å². The maximum atomic E-state index is 8.32. The van der Waals surface area contributed by atoms with Gasteiger partial charge in [-0.05, 0) is 12.1 Å². The van der Waals surface area contributed by atoms with Crippen molar-refractivity contribution in [2.75, 3.05) is 0 Å². The summed E-state index contributed by atoms with van der Waals surface area (Å²) in [5, 5.41) is 8.32. The average Bonchev–Trinajstić information content (AvgIpc) is 1.90. The van der Waals surface area contributed by atoms with Crippen molar-refractivity contribution in [2.24, 2.45) is 0 Å². The highest BCUT2D eigenvalue weighted by Gasteiger charge is 1.79. The van der Waals surface area contributed by atoms with Gasteiger partial charge in [0.25, 0.3) is 0 Å². The van der Waals surface area contributed by atoms with E-state index >= 15 is 0 Å². The van der Waals surface area contributed by atoms with Crippen LogP contribution in [0.2, 0.25) is 0 Å². The van der Waals surface area contributed by atoms with Crippen LogP contribution in [0.4, 0.5) is 0 Å². The molecule has 0 heterocycles. The predicted molar refractivity (Wildman–Crippen MR) is 31.2 cm³/mol. The van der Waals surface area contributed by atoms with Crippen molar-refractivity contribution in [3.05, 3.63) is 35.9 Å². The van der Waals surface area contributed by atoms with Gasteiger partial charge in [0.2, 0.25) is 0 Å². The molecule has 38 valence electrons. The third-order valence-electron chi connectivity index (χ3n) is 0.847. The minimum Gasteiger partial charge on any atom is -0.192 e. The van der Waals surface area contributed by atoms with Gasteiger partial charge < -0.3 is 0 Å². The van der Waals surface area contributed by atoms with Crippen LogP contribution in [0.5, 0.6) is 0 Å². The number of hydrogen-bond donors (Lipinski definition) is 0. The van der Waals surface area contributed by atoms with Crippen LogP contribution in [0.1, 0.15) is 6.93 Å². The van der Waals surface area contributed by atoms with E-state index in [1.807, 2.05) is 6.07 Å². The molecule has 0 saturated carbocycles. The van der Waals surface area contributed by atoms with E-state index in [1.165, 1.54) is 0 Å². The quantitative estimate of drug-likeness (QED) is 0.490. The van der Waals surface area contributed by atoms with Crippen LogP contribution < -0.4 is 0 Å². The van der Waals surface area contributed by atoms with Crippen LogP contribution in [0.25, 0.3) is 0 Å². The van der Waals surface area contributed by atoms with Gasteiger partial charge in [0.15, 0.2) is 0 Å². The molecular formula is C7H5N. The van der Waals surface area contributed by atoms with Crippen LogP contribution in [0, 0.1) is 11.3 Å². The van der Waals surface area contributed by atoms with E-state index in [0.29, 0.717) is 11.6 Å². The molecule has 1 nitrogen and oxygen atoms in total. The van der Waals surface area contributed by atoms with Gasteiger partial charge in [-0.1, -0.05) is 18.2 Å². The molecule has 1 rings (SSSR count). The van der Waals surface area contributed by atoms with Gasteiger partial charge in [0, 0.05) is 0 Å². The summed E-state index contributed by atoms with van der Waals surface area (Å²) in [6.07, 6.45) is 0. The molecule has 0 aliphatic carbocycles. The molecule has 0 unspecified atom stereocenters. The molecule has 8 heavy (non-hydrogen) atoms. The molecular weight excluding hydrogens is 98.1 g/mol. The van der Waals surface area contributed by atoms with Gasteiger partial charge in [0.1, 0.15) is 0 Å². The van der Waals surface area contributed by atoms with Crippen LogP contribution in [0.15, 0.2) is 30.3 Å². The molecule has 0 N–H and O–H groups in total. The summed E-state index contributed by atoms with van der Waals surface area (Å²) in [5.41, 5.74) is 0.603. The molecule has 0 atom stereocenters. The Balaban J connectivity index is 3.06. The van der Waals surface area contributed by atoms with Gasteiger partial charge in [-0.15, -0.1) is 0 Å². The third kappa shape index (κ3) is 0.855. The van der Waals surface area contributed by atoms with Crippen molar-refractivity contribution in [2.45, 2.75) is 0 Å². The van der Waals surface area contributed by atoms with Crippen molar-refractivity contribution >= 4 is 0 Å². The second-order valence-corrected chi connectivity index (χ2v) is 1.40. The fourth-order valence-corrected chi connectivity index (χ4v) is 0.461. The summed E-state index contributed by atoms with van der Waals surface area (Å²) < 4.78 is 7.06. The number of benzene rings is 1. The lowest BCUT2D eigenvalue weighted by atomic mass is 10.2. The first-order chi connectivity index (χ1) is 4.33. The van der Waals surface area contributed by atoms with Gasteiger partial charge in [-0.25, -0.2) is 0 Å². The SMILES string of the molecule is [2H]c1ccc(C#N)cc1. The number of rotatable bonds is 0. The second kappa shape index (κ2) is 2.13. The highest BCUT2D eigenvalue weighted by Crippen LogP contribution is 1.92. The second-order valence-electron chi connectivity index (χ2n) is 1.40. The minimum absolute atomic E-state index is 0.439. The summed E-state index contributed by atoms with van der Waals surface area (Å²) in [7, 11) is 0. The monoisotopic (exact) mass is 104 g/mol. The fourth-order valence-electron chi connectivity index (χ4n) is 0.461. The van der Waals surface area contributed by atoms with E-state index in [4.69, 9.17) is 6.63 Å². The Bertz CT molecular complexity index is 232. The van der Waals surface area contributed by atoms with Crippen molar-refractivity contribution < 1.29 is 1.37 Å². The highest BCUT2D eigenvalue weighted by atomic mass is 14.2. The van der Waals surface area contributed by atoms with Crippen LogP contribution >= 0.6 is 0 Å².